The van der Waals surface area contributed by atoms with Crippen molar-refractivity contribution in [3.05, 3.63) is 57.8 Å². The van der Waals surface area contributed by atoms with Gasteiger partial charge in [-0.25, -0.2) is 0 Å². The second-order valence-electron chi connectivity index (χ2n) is 8.91. The number of nitrogens with zero attached hydrogens (tertiary/aromatic N) is 1. The van der Waals surface area contributed by atoms with Crippen molar-refractivity contribution in [2.45, 2.75) is 71.4 Å². The zero-order valence-electron chi connectivity index (χ0n) is 18.5. The third kappa shape index (κ3) is 5.10. The quantitative estimate of drug-likeness (QED) is 0.546. The van der Waals surface area contributed by atoms with Gasteiger partial charge in [-0.05, 0) is 56.0 Å². The van der Waals surface area contributed by atoms with Crippen molar-refractivity contribution in [2.24, 2.45) is 5.92 Å². The molecule has 0 radical (unpaired) electrons. The van der Waals surface area contributed by atoms with E-state index in [1.807, 2.05) is 4.90 Å². The predicted molar refractivity (Wildman–Crippen MR) is 121 cm³/mol. The summed E-state index contributed by atoms with van der Waals surface area (Å²) >= 11 is 1.73. The first-order chi connectivity index (χ1) is 13.8. The van der Waals surface area contributed by atoms with Crippen LogP contribution in [0.3, 0.4) is 0 Å². The van der Waals surface area contributed by atoms with Crippen LogP contribution in [0.1, 0.15) is 69.0 Å². The maximum absolute atomic E-state index is 12.5. The number of aryl methyl sites for hydroxylation is 1. The van der Waals surface area contributed by atoms with Gasteiger partial charge in [0.1, 0.15) is 0 Å². The lowest BCUT2D eigenvalue weighted by atomic mass is 9.68. The molecule has 3 nitrogen and oxygen atoms in total. The molecule has 158 valence electrons. The Morgan fingerprint density at radius 3 is 2.55 bits per heavy atom. The first-order valence-corrected chi connectivity index (χ1v) is 11.7. The average molecular weight is 414 g/mol. The van der Waals surface area contributed by atoms with Gasteiger partial charge < -0.3 is 9.64 Å². The first kappa shape index (κ1) is 22.0. The summed E-state index contributed by atoms with van der Waals surface area (Å²) in [4.78, 5) is 15.8. The molecule has 1 aromatic heterocycles. The zero-order valence-corrected chi connectivity index (χ0v) is 19.3. The Labute approximate surface area is 180 Å². The standard InChI is InChI=1S/C25H35NO2S/c1-18(2)23-17-25(13-15-28-23,22-10-8-19(3)9-11-22)12-14-26(21(5)27)20(4)24-7-6-16-29-24/h6-11,16,18,20,23H,12-15,17H2,1-5H3/t20-,23+,25+/m0/s1. The van der Waals surface area contributed by atoms with E-state index >= 15 is 0 Å². The number of rotatable bonds is 7. The number of carbonyl (C=O) groups is 1. The number of thiophene rings is 1. The largest absolute Gasteiger partial charge is 0.378 e. The summed E-state index contributed by atoms with van der Waals surface area (Å²) in [5, 5.41) is 2.09. The van der Waals surface area contributed by atoms with Crippen LogP contribution in [0.5, 0.6) is 0 Å². The molecule has 1 fully saturated rings. The van der Waals surface area contributed by atoms with Crippen LogP contribution in [0.15, 0.2) is 41.8 Å². The SMILES string of the molecule is CC(=O)N(CC[C@@]1(c2ccc(C)cc2)CCO[C@@H](C(C)C)C1)[C@@H](C)c1cccs1. The molecule has 4 heteroatoms. The van der Waals surface area contributed by atoms with Crippen LogP contribution in [0, 0.1) is 12.8 Å². The van der Waals surface area contributed by atoms with Crippen LogP contribution >= 0.6 is 11.3 Å². The monoisotopic (exact) mass is 413 g/mol. The van der Waals surface area contributed by atoms with Gasteiger partial charge in [0, 0.05) is 30.4 Å². The molecule has 1 aromatic carbocycles. The third-order valence-electron chi connectivity index (χ3n) is 6.57. The summed E-state index contributed by atoms with van der Waals surface area (Å²) in [6.45, 7) is 12.0. The van der Waals surface area contributed by atoms with Gasteiger partial charge in [-0.3, -0.25) is 4.79 Å². The van der Waals surface area contributed by atoms with E-state index in [4.69, 9.17) is 4.74 Å². The van der Waals surface area contributed by atoms with E-state index in [9.17, 15) is 4.79 Å². The smallest absolute Gasteiger partial charge is 0.219 e. The van der Waals surface area contributed by atoms with Gasteiger partial charge in [-0.1, -0.05) is 49.7 Å². The van der Waals surface area contributed by atoms with E-state index in [0.717, 1.165) is 32.4 Å². The average Bonchev–Trinajstić information content (AvgIpc) is 3.23. The van der Waals surface area contributed by atoms with Gasteiger partial charge in [-0.2, -0.15) is 0 Å². The van der Waals surface area contributed by atoms with Crippen LogP contribution in [0.2, 0.25) is 0 Å². The zero-order chi connectivity index (χ0) is 21.0. The Morgan fingerprint density at radius 2 is 1.97 bits per heavy atom. The van der Waals surface area contributed by atoms with Gasteiger partial charge >= 0.3 is 0 Å². The molecular weight excluding hydrogens is 378 g/mol. The van der Waals surface area contributed by atoms with Crippen molar-refractivity contribution in [2.75, 3.05) is 13.2 Å². The molecule has 2 heterocycles. The van der Waals surface area contributed by atoms with E-state index in [-0.39, 0.29) is 23.5 Å². The fourth-order valence-corrected chi connectivity index (χ4v) is 5.36. The highest BCUT2D eigenvalue weighted by Gasteiger charge is 2.40. The number of carbonyl (C=O) groups excluding carboxylic acids is 1. The van der Waals surface area contributed by atoms with Gasteiger partial charge in [0.25, 0.3) is 0 Å². The van der Waals surface area contributed by atoms with Crippen LogP contribution in [0.25, 0.3) is 0 Å². The van der Waals surface area contributed by atoms with Crippen molar-refractivity contribution >= 4 is 17.2 Å². The molecule has 1 amide bonds. The highest BCUT2D eigenvalue weighted by atomic mass is 32.1. The highest BCUT2D eigenvalue weighted by Crippen LogP contribution is 2.42. The Bertz CT molecular complexity index is 784. The van der Waals surface area contributed by atoms with Gasteiger partial charge in [0.2, 0.25) is 5.91 Å². The topological polar surface area (TPSA) is 29.5 Å². The molecule has 0 aliphatic carbocycles. The van der Waals surface area contributed by atoms with Crippen LogP contribution in [-0.4, -0.2) is 30.1 Å². The summed E-state index contributed by atoms with van der Waals surface area (Å²) in [5.74, 6) is 0.645. The minimum absolute atomic E-state index is 0.0593. The van der Waals surface area contributed by atoms with Crippen LogP contribution < -0.4 is 0 Å². The molecule has 1 aliphatic rings. The first-order valence-electron chi connectivity index (χ1n) is 10.8. The Morgan fingerprint density at radius 1 is 1.24 bits per heavy atom. The number of ether oxygens (including phenoxy) is 1. The van der Waals surface area contributed by atoms with Gasteiger partial charge in [0.05, 0.1) is 12.1 Å². The summed E-state index contributed by atoms with van der Waals surface area (Å²) < 4.78 is 6.12. The minimum atomic E-state index is 0.0593. The highest BCUT2D eigenvalue weighted by molar-refractivity contribution is 7.10. The number of hydrogen-bond acceptors (Lipinski definition) is 3. The van der Waals surface area contributed by atoms with Crippen LogP contribution in [-0.2, 0) is 14.9 Å². The molecule has 0 saturated carbocycles. The fourth-order valence-electron chi connectivity index (χ4n) is 4.56. The maximum atomic E-state index is 12.5. The Kier molecular flexibility index (Phi) is 7.18. The van der Waals surface area contributed by atoms with E-state index < -0.39 is 0 Å². The maximum Gasteiger partial charge on any atom is 0.219 e. The van der Waals surface area contributed by atoms with Crippen molar-refractivity contribution in [1.29, 1.82) is 0 Å². The second kappa shape index (κ2) is 9.44. The lowest BCUT2D eigenvalue weighted by Gasteiger charge is -2.44. The summed E-state index contributed by atoms with van der Waals surface area (Å²) in [7, 11) is 0. The van der Waals surface area contributed by atoms with Gasteiger partial charge in [-0.15, -0.1) is 11.3 Å². The number of benzene rings is 1. The molecule has 1 aliphatic heterocycles. The van der Waals surface area contributed by atoms with Crippen molar-refractivity contribution in [3.63, 3.8) is 0 Å². The predicted octanol–water partition coefficient (Wildman–Crippen LogP) is 6.13. The van der Waals surface area contributed by atoms with Crippen molar-refractivity contribution < 1.29 is 9.53 Å². The third-order valence-corrected chi connectivity index (χ3v) is 7.61. The lowest BCUT2D eigenvalue weighted by Crippen LogP contribution is -2.44. The molecular formula is C25H35NO2S. The van der Waals surface area contributed by atoms with Crippen LogP contribution in [0.4, 0.5) is 0 Å². The molecule has 0 N–H and O–H groups in total. The molecule has 3 atom stereocenters. The van der Waals surface area contributed by atoms with Gasteiger partial charge in [0.15, 0.2) is 0 Å². The number of hydrogen-bond donors (Lipinski definition) is 0. The molecule has 0 bridgehead atoms. The summed E-state index contributed by atoms with van der Waals surface area (Å²) in [6, 6.07) is 13.3. The minimum Gasteiger partial charge on any atom is -0.378 e. The van der Waals surface area contributed by atoms with E-state index in [2.05, 4.69) is 69.5 Å². The molecule has 29 heavy (non-hydrogen) atoms. The molecule has 0 unspecified atom stereocenters. The number of amides is 1. The molecule has 3 rings (SSSR count). The Balaban J connectivity index is 1.86. The molecule has 1 saturated heterocycles. The summed E-state index contributed by atoms with van der Waals surface area (Å²) in [5.41, 5.74) is 2.74. The van der Waals surface area contributed by atoms with E-state index in [0.29, 0.717) is 5.92 Å². The Hall–Kier alpha value is -1.65. The van der Waals surface area contributed by atoms with Crippen molar-refractivity contribution in [1.82, 2.24) is 4.90 Å². The molecule has 0 spiro atoms. The van der Waals surface area contributed by atoms with E-state index in [1.54, 1.807) is 18.3 Å². The molecule has 2 aromatic rings. The fraction of sp³-hybridized carbons (Fsp3) is 0.560. The van der Waals surface area contributed by atoms with E-state index in [1.165, 1.54) is 16.0 Å². The summed E-state index contributed by atoms with van der Waals surface area (Å²) in [6.07, 6.45) is 3.27. The van der Waals surface area contributed by atoms with Crippen molar-refractivity contribution in [3.8, 4) is 0 Å². The second-order valence-corrected chi connectivity index (χ2v) is 9.89. The lowest BCUT2D eigenvalue weighted by molar-refractivity contribution is -0.131. The normalized spacial score (nSPS) is 23.2.